The van der Waals surface area contributed by atoms with E-state index in [1.54, 1.807) is 0 Å². The molecule has 2 aromatic carbocycles. The van der Waals surface area contributed by atoms with Crippen LogP contribution in [0.3, 0.4) is 0 Å². The van der Waals surface area contributed by atoms with Crippen molar-refractivity contribution in [1.29, 1.82) is 0 Å². The smallest absolute Gasteiger partial charge is 0.382 e. The second-order valence-electron chi connectivity index (χ2n) is 8.26. The standard InChI is InChI=1S/C23H19ClF6N4O4/c24-15-6-4-12(5-7-15)20-32-34(21(38)33(20)11-18(36)23(28,29)30)10-16(35)9-17(19(31)37)13-2-1-3-14(8-13)22(25,26)27/h1-8,17-18,36H,9-11H2,(H2,31,37). The van der Waals surface area contributed by atoms with Crippen molar-refractivity contribution in [2.24, 2.45) is 5.73 Å². The highest BCUT2D eigenvalue weighted by molar-refractivity contribution is 6.30. The number of aromatic nitrogens is 3. The zero-order valence-corrected chi connectivity index (χ0v) is 19.9. The number of alkyl halides is 6. The average molecular weight is 565 g/mol. The molecule has 0 bridgehead atoms. The number of benzene rings is 2. The minimum Gasteiger partial charge on any atom is -0.382 e. The van der Waals surface area contributed by atoms with E-state index in [4.69, 9.17) is 17.3 Å². The van der Waals surface area contributed by atoms with Gasteiger partial charge in [-0.1, -0.05) is 29.8 Å². The molecule has 2 unspecified atom stereocenters. The third kappa shape index (κ3) is 6.81. The fraction of sp³-hybridized carbons (Fsp3) is 0.304. The molecule has 0 fully saturated rings. The van der Waals surface area contributed by atoms with Gasteiger partial charge in [0.25, 0.3) is 0 Å². The van der Waals surface area contributed by atoms with E-state index >= 15 is 0 Å². The van der Waals surface area contributed by atoms with Gasteiger partial charge in [-0.2, -0.15) is 26.3 Å². The van der Waals surface area contributed by atoms with Gasteiger partial charge < -0.3 is 10.8 Å². The lowest BCUT2D eigenvalue weighted by atomic mass is 9.91. The predicted octanol–water partition coefficient (Wildman–Crippen LogP) is 3.54. The van der Waals surface area contributed by atoms with Gasteiger partial charge >= 0.3 is 18.0 Å². The van der Waals surface area contributed by atoms with Crippen LogP contribution in [0.2, 0.25) is 5.02 Å². The number of aliphatic hydroxyl groups is 1. The van der Waals surface area contributed by atoms with Gasteiger partial charge in [0.15, 0.2) is 17.7 Å². The molecular formula is C23H19ClF6N4O4. The van der Waals surface area contributed by atoms with Crippen LogP contribution in [0, 0.1) is 0 Å². The largest absolute Gasteiger partial charge is 0.416 e. The Morgan fingerprint density at radius 1 is 1.05 bits per heavy atom. The lowest BCUT2D eigenvalue weighted by Gasteiger charge is -2.15. The molecule has 3 aromatic rings. The molecule has 0 aliphatic rings. The molecule has 38 heavy (non-hydrogen) atoms. The molecule has 0 aliphatic heterocycles. The third-order valence-electron chi connectivity index (χ3n) is 5.48. The Morgan fingerprint density at radius 3 is 2.24 bits per heavy atom. The Kier molecular flexibility index (Phi) is 8.36. The molecule has 3 rings (SSSR count). The maximum Gasteiger partial charge on any atom is 0.416 e. The van der Waals surface area contributed by atoms with Crippen molar-refractivity contribution in [3.05, 3.63) is 75.2 Å². The first-order valence-corrected chi connectivity index (χ1v) is 11.1. The molecule has 0 spiro atoms. The van der Waals surface area contributed by atoms with Gasteiger partial charge in [0.2, 0.25) is 5.91 Å². The van der Waals surface area contributed by atoms with Gasteiger partial charge in [-0.25, -0.2) is 9.48 Å². The van der Waals surface area contributed by atoms with E-state index in [2.05, 4.69) is 5.10 Å². The van der Waals surface area contributed by atoms with E-state index in [0.717, 1.165) is 12.1 Å². The molecule has 0 saturated carbocycles. The van der Waals surface area contributed by atoms with Crippen LogP contribution in [0.4, 0.5) is 26.3 Å². The zero-order chi connectivity index (χ0) is 28.4. The van der Waals surface area contributed by atoms with E-state index in [1.165, 1.54) is 30.3 Å². The van der Waals surface area contributed by atoms with E-state index in [-0.39, 0.29) is 22.0 Å². The van der Waals surface area contributed by atoms with Crippen LogP contribution in [0.1, 0.15) is 23.5 Å². The average Bonchev–Trinajstić information content (AvgIpc) is 3.11. The molecule has 1 amide bonds. The second-order valence-corrected chi connectivity index (χ2v) is 8.70. The number of ketones is 1. The highest BCUT2D eigenvalue weighted by Crippen LogP contribution is 2.32. The van der Waals surface area contributed by atoms with Gasteiger partial charge in [0, 0.05) is 17.0 Å². The fourth-order valence-electron chi connectivity index (χ4n) is 3.57. The summed E-state index contributed by atoms with van der Waals surface area (Å²) in [6, 6.07) is 9.10. The molecule has 204 valence electrons. The number of carbonyl (C=O) groups excluding carboxylic acids is 2. The lowest BCUT2D eigenvalue weighted by Crippen LogP contribution is -2.37. The van der Waals surface area contributed by atoms with Crippen LogP contribution in [-0.2, 0) is 28.9 Å². The van der Waals surface area contributed by atoms with Crippen LogP contribution in [0.5, 0.6) is 0 Å². The maximum absolute atomic E-state index is 13.1. The SMILES string of the molecule is NC(=O)C(CC(=O)Cn1nc(-c2ccc(Cl)cc2)n(CC(O)C(F)(F)F)c1=O)c1cccc(C(F)(F)F)c1. The van der Waals surface area contributed by atoms with Crippen molar-refractivity contribution in [1.82, 2.24) is 14.3 Å². The number of Topliss-reactive ketones (excluding diaryl/α,β-unsaturated/α-hetero) is 1. The number of carbonyl (C=O) groups is 2. The number of hydrogen-bond donors (Lipinski definition) is 2. The van der Waals surface area contributed by atoms with Gasteiger partial charge in [0.05, 0.1) is 18.0 Å². The number of hydrogen-bond acceptors (Lipinski definition) is 5. The molecule has 0 radical (unpaired) electrons. The molecule has 1 heterocycles. The Morgan fingerprint density at radius 2 is 1.68 bits per heavy atom. The normalized spacial score (nSPS) is 13.8. The van der Waals surface area contributed by atoms with Gasteiger partial charge in [-0.15, -0.1) is 5.10 Å². The van der Waals surface area contributed by atoms with Gasteiger partial charge in [-0.3, -0.25) is 14.2 Å². The molecular weight excluding hydrogens is 546 g/mol. The number of halogens is 7. The molecule has 0 aliphatic carbocycles. The van der Waals surface area contributed by atoms with E-state index < -0.39 is 66.8 Å². The van der Waals surface area contributed by atoms with Crippen molar-refractivity contribution < 1.29 is 41.0 Å². The Bertz CT molecular complexity index is 1380. The summed E-state index contributed by atoms with van der Waals surface area (Å²) in [6.07, 6.45) is -13.4. The lowest BCUT2D eigenvalue weighted by molar-refractivity contribution is -0.207. The van der Waals surface area contributed by atoms with Crippen molar-refractivity contribution in [3.63, 3.8) is 0 Å². The second kappa shape index (κ2) is 11.0. The highest BCUT2D eigenvalue weighted by Gasteiger charge is 2.39. The number of nitrogens with two attached hydrogens (primary N) is 1. The minimum absolute atomic E-state index is 0.144. The topological polar surface area (TPSA) is 120 Å². The van der Waals surface area contributed by atoms with Crippen LogP contribution in [0.15, 0.2) is 53.3 Å². The van der Waals surface area contributed by atoms with Gasteiger partial charge in [-0.05, 0) is 35.9 Å². The monoisotopic (exact) mass is 564 g/mol. The number of rotatable bonds is 9. The van der Waals surface area contributed by atoms with E-state index in [0.29, 0.717) is 15.3 Å². The summed E-state index contributed by atoms with van der Waals surface area (Å²) in [5.74, 6) is -3.76. The Balaban J connectivity index is 1.93. The minimum atomic E-state index is -5.06. The summed E-state index contributed by atoms with van der Waals surface area (Å²) in [5, 5.41) is 13.7. The van der Waals surface area contributed by atoms with Crippen LogP contribution in [0.25, 0.3) is 11.4 Å². The summed E-state index contributed by atoms with van der Waals surface area (Å²) in [4.78, 5) is 37.6. The third-order valence-corrected chi connectivity index (χ3v) is 5.73. The fourth-order valence-corrected chi connectivity index (χ4v) is 3.70. The molecule has 8 nitrogen and oxygen atoms in total. The summed E-state index contributed by atoms with van der Waals surface area (Å²) in [6.45, 7) is -2.07. The zero-order valence-electron chi connectivity index (χ0n) is 19.1. The maximum atomic E-state index is 13.1. The number of nitrogens with zero attached hydrogens (tertiary/aromatic N) is 3. The molecule has 2 atom stereocenters. The molecule has 0 saturated heterocycles. The summed E-state index contributed by atoms with van der Waals surface area (Å²) in [5.41, 5.74) is 3.01. The molecule has 1 aromatic heterocycles. The molecule has 3 N–H and O–H groups in total. The van der Waals surface area contributed by atoms with Crippen LogP contribution >= 0.6 is 11.6 Å². The van der Waals surface area contributed by atoms with E-state index in [1.807, 2.05) is 0 Å². The summed E-state index contributed by atoms with van der Waals surface area (Å²) in [7, 11) is 0. The Hall–Kier alpha value is -3.65. The summed E-state index contributed by atoms with van der Waals surface area (Å²) >= 11 is 5.82. The Labute approximate surface area is 215 Å². The van der Waals surface area contributed by atoms with Crippen LogP contribution < -0.4 is 11.4 Å². The van der Waals surface area contributed by atoms with Crippen molar-refractivity contribution in [2.45, 2.75) is 43.9 Å². The van der Waals surface area contributed by atoms with Gasteiger partial charge in [0.1, 0.15) is 6.54 Å². The quantitative estimate of drug-likeness (QED) is 0.385. The first-order valence-electron chi connectivity index (χ1n) is 10.7. The highest BCUT2D eigenvalue weighted by atomic mass is 35.5. The molecule has 15 heteroatoms. The summed E-state index contributed by atoms with van der Waals surface area (Å²) < 4.78 is 79.2. The van der Waals surface area contributed by atoms with Crippen molar-refractivity contribution in [3.8, 4) is 11.4 Å². The predicted molar refractivity (Wildman–Crippen MR) is 122 cm³/mol. The van der Waals surface area contributed by atoms with Crippen LogP contribution in [-0.4, -0.2) is 43.4 Å². The number of amides is 1. The first-order chi connectivity index (χ1) is 17.6. The first kappa shape index (κ1) is 28.9. The van der Waals surface area contributed by atoms with E-state index in [9.17, 15) is 45.8 Å². The number of aliphatic hydroxyl groups excluding tert-OH is 1. The van der Waals surface area contributed by atoms with Crippen molar-refractivity contribution >= 4 is 23.3 Å². The van der Waals surface area contributed by atoms with Crippen molar-refractivity contribution in [2.75, 3.05) is 0 Å². The number of primary amides is 1.